The van der Waals surface area contributed by atoms with Gasteiger partial charge >= 0.3 is 0 Å². The molecule has 0 aliphatic carbocycles. The smallest absolute Gasteiger partial charge is 0.222 e. The highest BCUT2D eigenvalue weighted by Gasteiger charge is 2.21. The summed E-state index contributed by atoms with van der Waals surface area (Å²) in [5.41, 5.74) is 3.42. The van der Waals surface area contributed by atoms with E-state index in [1.807, 2.05) is 20.8 Å². The summed E-state index contributed by atoms with van der Waals surface area (Å²) in [6.45, 7) is 7.32. The summed E-state index contributed by atoms with van der Waals surface area (Å²) in [5, 5.41) is 0. The molecule has 0 amide bonds. The lowest BCUT2D eigenvalue weighted by Gasteiger charge is -2.16. The Morgan fingerprint density at radius 1 is 1.44 bits per heavy atom. The largest absolute Gasteiger partial charge is 0.471 e. The molecule has 1 saturated heterocycles. The minimum Gasteiger partial charge on any atom is -0.471 e. The monoisotopic (exact) mass is 252 g/mol. The van der Waals surface area contributed by atoms with Crippen LogP contribution in [-0.4, -0.2) is 29.3 Å². The van der Waals surface area contributed by atoms with Crippen LogP contribution in [0.5, 0.6) is 5.88 Å². The quantitative estimate of drug-likeness (QED) is 0.622. The standard InChI is InChI=1S/C12H20N4O2/c1-7(2)10-14-11(16-13)8(3)12(15-10)18-9-4-5-17-6-9/h7,9H,4-6,13H2,1-3H3,(H,14,15,16). The zero-order chi connectivity index (χ0) is 13.1. The topological polar surface area (TPSA) is 82.3 Å². The Hall–Kier alpha value is -1.40. The number of hydrazine groups is 1. The molecule has 18 heavy (non-hydrogen) atoms. The zero-order valence-electron chi connectivity index (χ0n) is 11.1. The molecule has 100 valence electrons. The van der Waals surface area contributed by atoms with Gasteiger partial charge in [-0.05, 0) is 6.92 Å². The van der Waals surface area contributed by atoms with Crippen molar-refractivity contribution in [3.8, 4) is 5.88 Å². The highest BCUT2D eigenvalue weighted by molar-refractivity contribution is 5.47. The van der Waals surface area contributed by atoms with E-state index in [9.17, 15) is 0 Å². The molecule has 0 radical (unpaired) electrons. The Bertz CT molecular complexity index is 417. The van der Waals surface area contributed by atoms with Crippen molar-refractivity contribution in [3.63, 3.8) is 0 Å². The first-order valence-electron chi connectivity index (χ1n) is 6.21. The SMILES string of the molecule is Cc1c(NN)nc(C(C)C)nc1OC1CCOC1. The van der Waals surface area contributed by atoms with Crippen LogP contribution in [0.25, 0.3) is 0 Å². The van der Waals surface area contributed by atoms with Crippen molar-refractivity contribution in [2.75, 3.05) is 18.6 Å². The second-order valence-corrected chi connectivity index (χ2v) is 4.76. The number of anilines is 1. The van der Waals surface area contributed by atoms with E-state index in [0.717, 1.165) is 24.4 Å². The van der Waals surface area contributed by atoms with Crippen LogP contribution in [0.3, 0.4) is 0 Å². The van der Waals surface area contributed by atoms with Crippen molar-refractivity contribution in [3.05, 3.63) is 11.4 Å². The molecular formula is C12H20N4O2. The van der Waals surface area contributed by atoms with E-state index >= 15 is 0 Å². The molecule has 6 heteroatoms. The van der Waals surface area contributed by atoms with Gasteiger partial charge in [-0.25, -0.2) is 10.8 Å². The molecule has 1 atom stereocenters. The van der Waals surface area contributed by atoms with Crippen molar-refractivity contribution < 1.29 is 9.47 Å². The number of nitrogen functional groups attached to an aromatic ring is 1. The van der Waals surface area contributed by atoms with E-state index < -0.39 is 0 Å². The van der Waals surface area contributed by atoms with Crippen LogP contribution in [0.15, 0.2) is 0 Å². The lowest BCUT2D eigenvalue weighted by Crippen LogP contribution is -2.20. The van der Waals surface area contributed by atoms with Crippen LogP contribution in [-0.2, 0) is 4.74 Å². The maximum Gasteiger partial charge on any atom is 0.222 e. The van der Waals surface area contributed by atoms with Gasteiger partial charge in [-0.3, -0.25) is 0 Å². The van der Waals surface area contributed by atoms with Gasteiger partial charge in [0.1, 0.15) is 17.7 Å². The van der Waals surface area contributed by atoms with E-state index in [2.05, 4.69) is 15.4 Å². The number of hydrogen-bond donors (Lipinski definition) is 2. The van der Waals surface area contributed by atoms with Gasteiger partial charge in [0.15, 0.2) is 0 Å². The molecule has 1 unspecified atom stereocenters. The average Bonchev–Trinajstić information content (AvgIpc) is 2.84. The summed E-state index contributed by atoms with van der Waals surface area (Å²) < 4.78 is 11.2. The Labute approximate surface area is 107 Å². The van der Waals surface area contributed by atoms with Gasteiger partial charge in [0.2, 0.25) is 5.88 Å². The van der Waals surface area contributed by atoms with Gasteiger partial charge in [-0.15, -0.1) is 0 Å². The van der Waals surface area contributed by atoms with Crippen molar-refractivity contribution in [1.82, 2.24) is 9.97 Å². The number of nitrogens with two attached hydrogens (primary N) is 1. The van der Waals surface area contributed by atoms with Gasteiger partial charge in [0.25, 0.3) is 0 Å². The number of nitrogens with zero attached hydrogens (tertiary/aromatic N) is 2. The van der Waals surface area contributed by atoms with Crippen LogP contribution in [0.1, 0.15) is 37.6 Å². The Morgan fingerprint density at radius 3 is 2.78 bits per heavy atom. The van der Waals surface area contributed by atoms with Crippen molar-refractivity contribution >= 4 is 5.82 Å². The summed E-state index contributed by atoms with van der Waals surface area (Å²) in [7, 11) is 0. The van der Waals surface area contributed by atoms with Crippen LogP contribution in [0, 0.1) is 6.92 Å². The highest BCUT2D eigenvalue weighted by Crippen LogP contribution is 2.26. The van der Waals surface area contributed by atoms with Gasteiger partial charge in [-0.2, -0.15) is 4.98 Å². The van der Waals surface area contributed by atoms with E-state index in [1.54, 1.807) is 0 Å². The number of ether oxygens (including phenoxy) is 2. The summed E-state index contributed by atoms with van der Waals surface area (Å²) >= 11 is 0. The fourth-order valence-corrected chi connectivity index (χ4v) is 1.79. The van der Waals surface area contributed by atoms with Crippen LogP contribution < -0.4 is 16.0 Å². The molecule has 0 spiro atoms. The molecule has 0 saturated carbocycles. The van der Waals surface area contributed by atoms with Crippen LogP contribution >= 0.6 is 0 Å². The molecule has 2 rings (SSSR count). The van der Waals surface area contributed by atoms with E-state index in [0.29, 0.717) is 18.3 Å². The molecule has 6 nitrogen and oxygen atoms in total. The minimum absolute atomic E-state index is 0.0734. The van der Waals surface area contributed by atoms with Gasteiger partial charge in [0, 0.05) is 12.3 Å². The summed E-state index contributed by atoms with van der Waals surface area (Å²) in [6.07, 6.45) is 0.968. The molecule has 3 N–H and O–H groups in total. The number of aromatic nitrogens is 2. The highest BCUT2D eigenvalue weighted by atomic mass is 16.5. The molecular weight excluding hydrogens is 232 g/mol. The van der Waals surface area contributed by atoms with Crippen molar-refractivity contribution in [2.24, 2.45) is 5.84 Å². The Balaban J connectivity index is 2.28. The normalized spacial score (nSPS) is 19.3. The van der Waals surface area contributed by atoms with Crippen molar-refractivity contribution in [2.45, 2.75) is 39.2 Å². The number of rotatable bonds is 4. The first-order valence-corrected chi connectivity index (χ1v) is 6.21. The van der Waals surface area contributed by atoms with Crippen LogP contribution in [0.2, 0.25) is 0 Å². The number of nitrogens with one attached hydrogen (secondary N) is 1. The molecule has 1 aliphatic heterocycles. The summed E-state index contributed by atoms with van der Waals surface area (Å²) in [5.74, 6) is 7.63. The van der Waals surface area contributed by atoms with Gasteiger partial charge in [0.05, 0.1) is 18.8 Å². The second-order valence-electron chi connectivity index (χ2n) is 4.76. The predicted molar refractivity (Wildman–Crippen MR) is 68.5 cm³/mol. The molecule has 0 bridgehead atoms. The summed E-state index contributed by atoms with van der Waals surface area (Å²) in [4.78, 5) is 8.83. The Kier molecular flexibility index (Phi) is 3.98. The van der Waals surface area contributed by atoms with Gasteiger partial charge in [-0.1, -0.05) is 13.8 Å². The first-order chi connectivity index (χ1) is 8.61. The molecule has 1 aromatic heterocycles. The minimum atomic E-state index is 0.0734. The van der Waals surface area contributed by atoms with E-state index in [4.69, 9.17) is 15.3 Å². The first kappa shape index (κ1) is 13.0. The van der Waals surface area contributed by atoms with Crippen molar-refractivity contribution in [1.29, 1.82) is 0 Å². The third-order valence-corrected chi connectivity index (χ3v) is 2.94. The fraction of sp³-hybridized carbons (Fsp3) is 0.667. The molecule has 1 aliphatic rings. The predicted octanol–water partition coefficient (Wildman–Crippen LogP) is 1.36. The van der Waals surface area contributed by atoms with Crippen LogP contribution in [0.4, 0.5) is 5.82 Å². The third kappa shape index (κ3) is 2.70. The molecule has 1 fully saturated rings. The van der Waals surface area contributed by atoms with E-state index in [1.165, 1.54) is 0 Å². The average molecular weight is 252 g/mol. The maximum absolute atomic E-state index is 5.87. The summed E-state index contributed by atoms with van der Waals surface area (Å²) in [6, 6.07) is 0. The molecule has 2 heterocycles. The molecule has 0 aromatic carbocycles. The zero-order valence-corrected chi connectivity index (χ0v) is 11.1. The lowest BCUT2D eigenvalue weighted by atomic mass is 10.2. The second kappa shape index (κ2) is 5.49. The Morgan fingerprint density at radius 2 is 2.22 bits per heavy atom. The van der Waals surface area contributed by atoms with E-state index in [-0.39, 0.29) is 12.0 Å². The number of hydrogen-bond acceptors (Lipinski definition) is 6. The third-order valence-electron chi connectivity index (χ3n) is 2.94. The fourth-order valence-electron chi connectivity index (χ4n) is 1.79. The maximum atomic E-state index is 5.87. The van der Waals surface area contributed by atoms with Gasteiger partial charge < -0.3 is 14.9 Å². The lowest BCUT2D eigenvalue weighted by molar-refractivity contribution is 0.137. The molecule has 1 aromatic rings.